The monoisotopic (exact) mass is 339 g/mol. The molecule has 2 N–H and O–H groups in total. The van der Waals surface area contributed by atoms with Crippen molar-refractivity contribution in [3.05, 3.63) is 22.7 Å². The first-order valence-corrected chi connectivity index (χ1v) is 6.70. The van der Waals surface area contributed by atoms with Gasteiger partial charge in [0.2, 0.25) is 6.29 Å². The van der Waals surface area contributed by atoms with E-state index >= 15 is 0 Å². The van der Waals surface area contributed by atoms with Crippen LogP contribution in [0.3, 0.4) is 0 Å². The maximum atomic E-state index is 11.3. The first-order chi connectivity index (χ1) is 10.8. The molecule has 2 amide bonds. The minimum atomic E-state index is -1.74. The molecule has 0 fully saturated rings. The van der Waals surface area contributed by atoms with Crippen molar-refractivity contribution >= 4 is 47.0 Å². The van der Waals surface area contributed by atoms with Crippen molar-refractivity contribution in [1.29, 1.82) is 5.26 Å². The number of carbonyl (C=O) groups is 4. The van der Waals surface area contributed by atoms with E-state index < -0.39 is 17.8 Å². The summed E-state index contributed by atoms with van der Waals surface area (Å²) in [6.45, 7) is 4.00. The van der Waals surface area contributed by atoms with Gasteiger partial charge in [-0.2, -0.15) is 5.26 Å². The van der Waals surface area contributed by atoms with Crippen LogP contribution in [0.4, 0.5) is 11.4 Å². The summed E-state index contributed by atoms with van der Waals surface area (Å²) in [5.41, 5.74) is -0.169. The summed E-state index contributed by atoms with van der Waals surface area (Å²) < 4.78 is 0. The highest BCUT2D eigenvalue weighted by Crippen LogP contribution is 2.34. The standard InChI is InChI=1S/C12H8ClN3O5.C2H6/c1-16(9(18)5-17)8-3-6(4-14)2-7(10(8)13)15-11(19)12(20)21;1-2/h2-3,5H,1H3,(H,15,19)(H,20,21);1-2H3. The Morgan fingerprint density at radius 3 is 2.35 bits per heavy atom. The normalized spacial score (nSPS) is 8.83. The quantitative estimate of drug-likeness (QED) is 0.633. The molecular formula is C14H14ClN3O5. The molecule has 1 aromatic carbocycles. The number of hydrogen-bond donors (Lipinski definition) is 2. The maximum absolute atomic E-state index is 11.3. The fraction of sp³-hybridized carbons (Fsp3) is 0.214. The molecule has 1 aromatic rings. The molecule has 0 spiro atoms. The van der Waals surface area contributed by atoms with E-state index in [1.54, 1.807) is 6.07 Å². The van der Waals surface area contributed by atoms with Gasteiger partial charge in [0.1, 0.15) is 0 Å². The lowest BCUT2D eigenvalue weighted by atomic mass is 10.1. The van der Waals surface area contributed by atoms with Crippen LogP contribution in [0, 0.1) is 11.3 Å². The number of carboxylic acid groups (broad SMARTS) is 1. The van der Waals surface area contributed by atoms with E-state index in [0.29, 0.717) is 0 Å². The van der Waals surface area contributed by atoms with Crippen LogP contribution in [0.25, 0.3) is 0 Å². The smallest absolute Gasteiger partial charge is 0.394 e. The summed E-state index contributed by atoms with van der Waals surface area (Å²) in [4.78, 5) is 44.4. The molecule has 0 saturated heterocycles. The molecule has 8 nitrogen and oxygen atoms in total. The number of likely N-dealkylation sites (N-methyl/N-ethyl adjacent to an activating group) is 1. The van der Waals surface area contributed by atoms with Crippen LogP contribution in [-0.4, -0.2) is 36.2 Å². The average molecular weight is 340 g/mol. The molecule has 0 aliphatic carbocycles. The second-order valence-corrected chi connectivity index (χ2v) is 4.12. The number of amides is 2. The number of aliphatic carboxylic acids is 1. The third-order valence-electron chi connectivity index (χ3n) is 2.42. The predicted octanol–water partition coefficient (Wildman–Crippen LogP) is 1.42. The van der Waals surface area contributed by atoms with Gasteiger partial charge >= 0.3 is 11.9 Å². The molecule has 0 heterocycles. The Hall–Kier alpha value is -2.92. The first kappa shape index (κ1) is 20.1. The minimum absolute atomic E-state index is 0.0145. The van der Waals surface area contributed by atoms with Crippen molar-refractivity contribution in [1.82, 2.24) is 0 Å². The Morgan fingerprint density at radius 1 is 1.35 bits per heavy atom. The largest absolute Gasteiger partial charge is 0.474 e. The van der Waals surface area contributed by atoms with Crippen molar-refractivity contribution in [3.8, 4) is 6.07 Å². The number of nitriles is 1. The van der Waals surface area contributed by atoms with E-state index in [2.05, 4.69) is 0 Å². The van der Waals surface area contributed by atoms with E-state index in [9.17, 15) is 19.2 Å². The molecular weight excluding hydrogens is 326 g/mol. The van der Waals surface area contributed by atoms with E-state index in [0.717, 1.165) is 11.0 Å². The predicted molar refractivity (Wildman–Crippen MR) is 83.3 cm³/mol. The molecule has 0 radical (unpaired) electrons. The van der Waals surface area contributed by atoms with E-state index in [-0.39, 0.29) is 28.2 Å². The van der Waals surface area contributed by atoms with Gasteiger partial charge in [-0.3, -0.25) is 14.4 Å². The highest BCUT2D eigenvalue weighted by molar-refractivity contribution is 6.41. The lowest BCUT2D eigenvalue weighted by Gasteiger charge is -2.18. The highest BCUT2D eigenvalue weighted by atomic mass is 35.5. The molecule has 0 saturated carbocycles. The fourth-order valence-corrected chi connectivity index (χ4v) is 1.67. The van der Waals surface area contributed by atoms with Crippen molar-refractivity contribution in [2.45, 2.75) is 13.8 Å². The number of nitrogens with one attached hydrogen (secondary N) is 1. The number of aldehydes is 1. The molecule has 1 rings (SSSR count). The van der Waals surface area contributed by atoms with Gasteiger partial charge in [0.05, 0.1) is 28.0 Å². The van der Waals surface area contributed by atoms with E-state index in [1.807, 2.05) is 19.2 Å². The Morgan fingerprint density at radius 2 is 1.91 bits per heavy atom. The summed E-state index contributed by atoms with van der Waals surface area (Å²) in [5, 5.41) is 19.2. The number of hydrogen-bond acceptors (Lipinski definition) is 5. The Kier molecular flexibility index (Phi) is 8.01. The average Bonchev–Trinajstić information content (AvgIpc) is 2.56. The number of halogens is 1. The molecule has 9 heteroatoms. The number of carboxylic acids is 1. The molecule has 0 bridgehead atoms. The third-order valence-corrected chi connectivity index (χ3v) is 2.81. The van der Waals surface area contributed by atoms with Crippen LogP contribution in [-0.2, 0) is 19.2 Å². The van der Waals surface area contributed by atoms with Gasteiger partial charge < -0.3 is 15.3 Å². The zero-order valence-corrected chi connectivity index (χ0v) is 13.3. The van der Waals surface area contributed by atoms with Gasteiger partial charge in [0.25, 0.3) is 5.91 Å². The third kappa shape index (κ3) is 5.09. The SMILES string of the molecule is CC.CN(C(=O)C=O)c1cc(C#N)cc(NC(=O)C(=O)O)c1Cl. The lowest BCUT2D eigenvalue weighted by Crippen LogP contribution is -2.28. The molecule has 0 atom stereocenters. The summed E-state index contributed by atoms with van der Waals surface area (Å²) in [7, 11) is 1.24. The molecule has 122 valence electrons. The van der Waals surface area contributed by atoms with Gasteiger partial charge in [0, 0.05) is 7.05 Å². The Balaban J connectivity index is 0.00000232. The van der Waals surface area contributed by atoms with Gasteiger partial charge in [0.15, 0.2) is 0 Å². The number of anilines is 2. The molecule has 0 aliphatic rings. The van der Waals surface area contributed by atoms with E-state index in [4.69, 9.17) is 22.0 Å². The molecule has 0 unspecified atom stereocenters. The Labute approximate surface area is 137 Å². The van der Waals surface area contributed by atoms with Crippen LogP contribution in [0.5, 0.6) is 0 Å². The highest BCUT2D eigenvalue weighted by Gasteiger charge is 2.20. The number of benzene rings is 1. The zero-order chi connectivity index (χ0) is 18.2. The molecule has 23 heavy (non-hydrogen) atoms. The Bertz CT molecular complexity index is 682. The number of nitrogens with zero attached hydrogens (tertiary/aromatic N) is 2. The maximum Gasteiger partial charge on any atom is 0.394 e. The number of carbonyl (C=O) groups excluding carboxylic acids is 3. The van der Waals surface area contributed by atoms with Crippen LogP contribution < -0.4 is 10.2 Å². The summed E-state index contributed by atoms with van der Waals surface area (Å²) >= 11 is 5.96. The molecule has 0 aromatic heterocycles. The molecule has 0 aliphatic heterocycles. The van der Waals surface area contributed by atoms with Gasteiger partial charge in [-0.15, -0.1) is 0 Å². The van der Waals surface area contributed by atoms with Gasteiger partial charge in [-0.25, -0.2) is 4.79 Å². The van der Waals surface area contributed by atoms with Crippen LogP contribution >= 0.6 is 11.6 Å². The number of rotatable bonds is 3. The van der Waals surface area contributed by atoms with E-state index in [1.165, 1.54) is 13.1 Å². The zero-order valence-electron chi connectivity index (χ0n) is 12.6. The van der Waals surface area contributed by atoms with Crippen molar-refractivity contribution in [3.63, 3.8) is 0 Å². The lowest BCUT2D eigenvalue weighted by molar-refractivity contribution is -0.147. The second kappa shape index (κ2) is 9.17. The van der Waals surface area contributed by atoms with Gasteiger partial charge in [-0.05, 0) is 12.1 Å². The summed E-state index contributed by atoms with van der Waals surface area (Å²) in [6, 6.07) is 4.13. The first-order valence-electron chi connectivity index (χ1n) is 6.32. The van der Waals surface area contributed by atoms with Crippen LogP contribution in [0.2, 0.25) is 5.02 Å². The van der Waals surface area contributed by atoms with Crippen molar-refractivity contribution in [2.24, 2.45) is 0 Å². The summed E-state index contributed by atoms with van der Waals surface area (Å²) in [6.07, 6.45) is 0.0465. The van der Waals surface area contributed by atoms with Crippen LogP contribution in [0.15, 0.2) is 12.1 Å². The van der Waals surface area contributed by atoms with Crippen molar-refractivity contribution in [2.75, 3.05) is 17.3 Å². The minimum Gasteiger partial charge on any atom is -0.474 e. The van der Waals surface area contributed by atoms with Crippen LogP contribution in [0.1, 0.15) is 19.4 Å². The summed E-state index contributed by atoms with van der Waals surface area (Å²) in [5.74, 6) is -4.03. The second-order valence-electron chi connectivity index (χ2n) is 3.74. The fourth-order valence-electron chi connectivity index (χ4n) is 1.38. The van der Waals surface area contributed by atoms with Crippen molar-refractivity contribution < 1.29 is 24.3 Å². The van der Waals surface area contributed by atoms with Gasteiger partial charge in [-0.1, -0.05) is 25.4 Å². The topological polar surface area (TPSA) is 128 Å².